The Morgan fingerprint density at radius 3 is 2.55 bits per heavy atom. The van der Waals surface area contributed by atoms with Crippen molar-refractivity contribution in [2.24, 2.45) is 0 Å². The van der Waals surface area contributed by atoms with Crippen LogP contribution < -0.4 is 10.2 Å². The number of hydrogen-bond acceptors (Lipinski definition) is 2. The summed E-state index contributed by atoms with van der Waals surface area (Å²) in [4.78, 5) is 13.6. The van der Waals surface area contributed by atoms with E-state index in [0.717, 1.165) is 11.3 Å². The Morgan fingerprint density at radius 2 is 1.90 bits per heavy atom. The maximum Gasteiger partial charge on any atom is 0.326 e. The number of nitriles is 1. The Hall–Kier alpha value is -2.80. The van der Waals surface area contributed by atoms with E-state index in [1.165, 1.54) is 4.90 Å². The van der Waals surface area contributed by atoms with Crippen LogP contribution in [0.25, 0.3) is 0 Å². The smallest absolute Gasteiger partial charge is 0.308 e. The van der Waals surface area contributed by atoms with Crippen LogP contribution in [-0.4, -0.2) is 13.1 Å². The van der Waals surface area contributed by atoms with Crippen LogP contribution in [0.4, 0.5) is 16.2 Å². The zero-order chi connectivity index (χ0) is 14.5. The normalized spacial score (nSPS) is 9.65. The van der Waals surface area contributed by atoms with Crippen molar-refractivity contribution in [3.8, 4) is 6.07 Å². The lowest BCUT2D eigenvalue weighted by atomic mass is 10.2. The first kappa shape index (κ1) is 13.6. The number of nitrogens with zero attached hydrogens (tertiary/aromatic N) is 2. The zero-order valence-electron chi connectivity index (χ0n) is 11.4. The molecule has 0 bridgehead atoms. The summed E-state index contributed by atoms with van der Waals surface area (Å²) >= 11 is 0. The summed E-state index contributed by atoms with van der Waals surface area (Å²) in [6.45, 7) is 1.99. The van der Waals surface area contributed by atoms with Crippen LogP contribution in [0.15, 0.2) is 48.5 Å². The van der Waals surface area contributed by atoms with E-state index in [-0.39, 0.29) is 6.03 Å². The highest BCUT2D eigenvalue weighted by atomic mass is 16.2. The fraction of sp³-hybridized carbons (Fsp3) is 0.125. The van der Waals surface area contributed by atoms with Crippen LogP contribution in [0.3, 0.4) is 0 Å². The molecule has 2 aromatic rings. The van der Waals surface area contributed by atoms with Crippen LogP contribution in [-0.2, 0) is 0 Å². The van der Waals surface area contributed by atoms with Gasteiger partial charge in [0.2, 0.25) is 0 Å². The number of benzene rings is 2. The lowest BCUT2D eigenvalue weighted by Gasteiger charge is -2.18. The average Bonchev–Trinajstić information content (AvgIpc) is 2.48. The van der Waals surface area contributed by atoms with Gasteiger partial charge < -0.3 is 5.32 Å². The first-order valence-corrected chi connectivity index (χ1v) is 6.21. The lowest BCUT2D eigenvalue weighted by molar-refractivity contribution is 0.258. The van der Waals surface area contributed by atoms with Gasteiger partial charge in [-0.05, 0) is 37.3 Å². The average molecular weight is 265 g/mol. The highest BCUT2D eigenvalue weighted by Crippen LogP contribution is 2.16. The van der Waals surface area contributed by atoms with E-state index in [4.69, 9.17) is 5.26 Å². The molecule has 4 heteroatoms. The molecule has 0 saturated heterocycles. The third kappa shape index (κ3) is 3.15. The maximum atomic E-state index is 12.1. The molecule has 0 saturated carbocycles. The van der Waals surface area contributed by atoms with E-state index in [9.17, 15) is 4.79 Å². The van der Waals surface area contributed by atoms with Gasteiger partial charge in [0.15, 0.2) is 0 Å². The Balaban J connectivity index is 2.12. The van der Waals surface area contributed by atoms with Crippen LogP contribution in [0, 0.1) is 18.3 Å². The number of carbonyl (C=O) groups is 1. The highest BCUT2D eigenvalue weighted by molar-refractivity contribution is 6.01. The second-order valence-corrected chi connectivity index (χ2v) is 4.52. The molecule has 0 spiro atoms. The highest BCUT2D eigenvalue weighted by Gasteiger charge is 2.11. The minimum atomic E-state index is -0.246. The van der Waals surface area contributed by atoms with E-state index in [0.29, 0.717) is 11.3 Å². The topological polar surface area (TPSA) is 56.1 Å². The standard InChI is InChI=1S/C16H15N3O/c1-12-6-8-14(9-7-12)18-16(20)19(2)15-5-3-4-13(10-15)11-17/h3-10H,1-2H3,(H,18,20). The summed E-state index contributed by atoms with van der Waals surface area (Å²) in [5.41, 5.74) is 3.08. The molecule has 2 rings (SSSR count). The van der Waals surface area contributed by atoms with Crippen molar-refractivity contribution >= 4 is 17.4 Å². The van der Waals surface area contributed by atoms with Gasteiger partial charge in [-0.25, -0.2) is 4.79 Å². The molecule has 2 aromatic carbocycles. The van der Waals surface area contributed by atoms with E-state index in [1.54, 1.807) is 31.3 Å². The second-order valence-electron chi connectivity index (χ2n) is 4.52. The zero-order valence-corrected chi connectivity index (χ0v) is 11.4. The molecule has 0 aliphatic carbocycles. The van der Waals surface area contributed by atoms with Gasteiger partial charge in [-0.3, -0.25) is 4.90 Å². The monoisotopic (exact) mass is 265 g/mol. The summed E-state index contributed by atoms with van der Waals surface area (Å²) in [6, 6.07) is 16.3. The summed E-state index contributed by atoms with van der Waals surface area (Å²) < 4.78 is 0. The third-order valence-electron chi connectivity index (χ3n) is 2.97. The number of urea groups is 1. The van der Waals surface area contributed by atoms with Crippen LogP contribution >= 0.6 is 0 Å². The quantitative estimate of drug-likeness (QED) is 0.903. The van der Waals surface area contributed by atoms with Crippen molar-refractivity contribution in [2.75, 3.05) is 17.3 Å². The second kappa shape index (κ2) is 5.89. The predicted octanol–water partition coefficient (Wildman–Crippen LogP) is 3.54. The van der Waals surface area contributed by atoms with Gasteiger partial charge in [-0.2, -0.15) is 5.26 Å². The van der Waals surface area contributed by atoms with Crippen molar-refractivity contribution in [1.29, 1.82) is 5.26 Å². The van der Waals surface area contributed by atoms with Gasteiger partial charge in [0.1, 0.15) is 0 Å². The van der Waals surface area contributed by atoms with Gasteiger partial charge in [-0.1, -0.05) is 23.8 Å². The predicted molar refractivity (Wildman–Crippen MR) is 79.8 cm³/mol. The summed E-state index contributed by atoms with van der Waals surface area (Å²) in [7, 11) is 1.67. The van der Waals surface area contributed by atoms with Gasteiger partial charge >= 0.3 is 6.03 Å². The van der Waals surface area contributed by atoms with Crippen LogP contribution in [0.5, 0.6) is 0 Å². The summed E-state index contributed by atoms with van der Waals surface area (Å²) in [5, 5.41) is 11.7. The van der Waals surface area contributed by atoms with Gasteiger partial charge in [0, 0.05) is 18.4 Å². The molecule has 0 heterocycles. The SMILES string of the molecule is Cc1ccc(NC(=O)N(C)c2cccc(C#N)c2)cc1. The molecule has 0 aromatic heterocycles. The van der Waals surface area contributed by atoms with E-state index in [2.05, 4.69) is 11.4 Å². The van der Waals surface area contributed by atoms with E-state index < -0.39 is 0 Å². The van der Waals surface area contributed by atoms with Crippen molar-refractivity contribution in [2.45, 2.75) is 6.92 Å². The van der Waals surface area contributed by atoms with Crippen LogP contribution in [0.2, 0.25) is 0 Å². The molecule has 0 aliphatic heterocycles. The maximum absolute atomic E-state index is 12.1. The first-order valence-electron chi connectivity index (χ1n) is 6.21. The molecule has 4 nitrogen and oxygen atoms in total. The Labute approximate surface area is 118 Å². The summed E-state index contributed by atoms with van der Waals surface area (Å²) in [6.07, 6.45) is 0. The fourth-order valence-electron chi connectivity index (χ4n) is 1.75. The number of carbonyl (C=O) groups excluding carboxylic acids is 1. The number of hydrogen-bond donors (Lipinski definition) is 1. The Bertz CT molecular complexity index is 656. The van der Waals surface area contributed by atoms with Crippen molar-refractivity contribution in [1.82, 2.24) is 0 Å². The first-order chi connectivity index (χ1) is 9.60. The molecule has 2 amide bonds. The van der Waals surface area contributed by atoms with Crippen LogP contribution in [0.1, 0.15) is 11.1 Å². The molecular weight excluding hydrogens is 250 g/mol. The third-order valence-corrected chi connectivity index (χ3v) is 2.97. The lowest BCUT2D eigenvalue weighted by Crippen LogP contribution is -2.31. The number of anilines is 2. The molecule has 0 unspecified atom stereocenters. The van der Waals surface area contributed by atoms with Crippen molar-refractivity contribution in [3.63, 3.8) is 0 Å². The molecule has 0 fully saturated rings. The molecule has 0 aliphatic rings. The van der Waals surface area contributed by atoms with Crippen molar-refractivity contribution < 1.29 is 4.79 Å². The number of aryl methyl sites for hydroxylation is 1. The van der Waals surface area contributed by atoms with Gasteiger partial charge in [0.05, 0.1) is 11.6 Å². The molecule has 0 radical (unpaired) electrons. The number of amides is 2. The van der Waals surface area contributed by atoms with Crippen molar-refractivity contribution in [3.05, 3.63) is 59.7 Å². The number of nitrogens with one attached hydrogen (secondary N) is 1. The van der Waals surface area contributed by atoms with E-state index >= 15 is 0 Å². The number of rotatable bonds is 2. The minimum absolute atomic E-state index is 0.246. The van der Waals surface area contributed by atoms with Gasteiger partial charge in [0.25, 0.3) is 0 Å². The largest absolute Gasteiger partial charge is 0.326 e. The molecular formula is C16H15N3O. The fourth-order valence-corrected chi connectivity index (χ4v) is 1.75. The Morgan fingerprint density at radius 1 is 1.20 bits per heavy atom. The van der Waals surface area contributed by atoms with E-state index in [1.807, 2.05) is 31.2 Å². The Kier molecular flexibility index (Phi) is 4.02. The molecule has 0 atom stereocenters. The minimum Gasteiger partial charge on any atom is -0.308 e. The molecule has 100 valence electrons. The van der Waals surface area contributed by atoms with Gasteiger partial charge in [-0.15, -0.1) is 0 Å². The summed E-state index contributed by atoms with van der Waals surface area (Å²) in [5.74, 6) is 0. The molecule has 20 heavy (non-hydrogen) atoms. The molecule has 1 N–H and O–H groups in total.